The summed E-state index contributed by atoms with van der Waals surface area (Å²) in [7, 11) is 5.79. The van der Waals surface area contributed by atoms with Gasteiger partial charge in [0, 0.05) is 25.0 Å². The number of benzene rings is 1. The number of morpholine rings is 1. The van der Waals surface area contributed by atoms with E-state index >= 15 is 0 Å². The third-order valence-electron chi connectivity index (χ3n) is 4.32. The summed E-state index contributed by atoms with van der Waals surface area (Å²) in [6, 6.07) is 10.3. The number of nitrogens with zero attached hydrogens (tertiary/aromatic N) is 3. The summed E-state index contributed by atoms with van der Waals surface area (Å²) in [4.78, 5) is 24.0. The van der Waals surface area contributed by atoms with E-state index < -0.39 is 0 Å². The second-order valence-corrected chi connectivity index (χ2v) is 7.34. The number of aromatic hydroxyl groups is 1. The molecule has 1 aliphatic heterocycles. The van der Waals surface area contributed by atoms with Gasteiger partial charge in [-0.1, -0.05) is 6.07 Å². The van der Waals surface area contributed by atoms with Crippen LogP contribution in [0.25, 0.3) is 10.6 Å². The number of phenols is 1. The van der Waals surface area contributed by atoms with Crippen LogP contribution in [0, 0.1) is 0 Å². The van der Waals surface area contributed by atoms with Crippen molar-refractivity contribution in [1.82, 2.24) is 14.9 Å². The van der Waals surface area contributed by atoms with Crippen molar-refractivity contribution >= 4 is 41.5 Å². The van der Waals surface area contributed by atoms with E-state index in [0.29, 0.717) is 42.7 Å². The number of phenolic OH excluding ortho intramolecular Hbond substituents is 1. The number of thiophene rings is 1. The van der Waals surface area contributed by atoms with Gasteiger partial charge in [0.15, 0.2) is 0 Å². The average molecular weight is 392 g/mol. The zero-order chi connectivity index (χ0) is 19.5. The van der Waals surface area contributed by atoms with Crippen molar-refractivity contribution in [2.45, 2.75) is 0 Å². The zero-order valence-electron chi connectivity index (χ0n) is 15.0. The molecular formula is C19H17BN4O3S. The number of anilines is 2. The molecule has 3 heterocycles. The van der Waals surface area contributed by atoms with Crippen molar-refractivity contribution in [2.24, 2.45) is 0 Å². The van der Waals surface area contributed by atoms with E-state index in [9.17, 15) is 9.90 Å². The molecule has 0 bridgehead atoms. The van der Waals surface area contributed by atoms with Crippen molar-refractivity contribution in [3.05, 3.63) is 48.2 Å². The van der Waals surface area contributed by atoms with Crippen LogP contribution in [0.4, 0.5) is 11.6 Å². The third kappa shape index (κ3) is 4.00. The molecule has 0 spiro atoms. The normalized spacial score (nSPS) is 14.1. The van der Waals surface area contributed by atoms with Crippen molar-refractivity contribution in [1.29, 1.82) is 0 Å². The Labute approximate surface area is 167 Å². The molecule has 0 atom stereocenters. The number of carbonyl (C=O) groups excluding carboxylic acids is 1. The van der Waals surface area contributed by atoms with E-state index in [4.69, 9.17) is 12.6 Å². The molecule has 1 aromatic carbocycles. The molecule has 4 rings (SSSR count). The predicted octanol–water partition coefficient (Wildman–Crippen LogP) is 1.92. The highest BCUT2D eigenvalue weighted by atomic mass is 32.1. The van der Waals surface area contributed by atoms with Gasteiger partial charge in [-0.3, -0.25) is 4.79 Å². The second-order valence-electron chi connectivity index (χ2n) is 6.23. The largest absolute Gasteiger partial charge is 0.507 e. The van der Waals surface area contributed by atoms with Crippen LogP contribution < -0.4 is 10.1 Å². The average Bonchev–Trinajstić information content (AvgIpc) is 3.16. The molecule has 9 heteroatoms. The molecule has 1 fully saturated rings. The summed E-state index contributed by atoms with van der Waals surface area (Å²) in [5, 5.41) is 13.2. The van der Waals surface area contributed by atoms with Crippen molar-refractivity contribution in [2.75, 3.05) is 31.6 Å². The monoisotopic (exact) mass is 392 g/mol. The fourth-order valence-corrected chi connectivity index (χ4v) is 3.64. The predicted molar refractivity (Wildman–Crippen MR) is 109 cm³/mol. The summed E-state index contributed by atoms with van der Waals surface area (Å²) < 4.78 is 5.99. The standard InChI is InChI=1S/C19H17BN4O3S/c20-17-4-3-16(28-17)14-5-6-21-19(23-14)22-12-1-2-15(25)13(11-12)18(26)24-7-9-27-10-8-24/h1-6,11,25H,7-10H2,(H,21,22,23). The number of hydrogen-bond donors (Lipinski definition) is 2. The van der Waals surface area contributed by atoms with E-state index in [1.165, 1.54) is 17.4 Å². The molecule has 0 unspecified atom stereocenters. The minimum absolute atomic E-state index is 0.0641. The van der Waals surface area contributed by atoms with Gasteiger partial charge >= 0.3 is 0 Å². The lowest BCUT2D eigenvalue weighted by atomic mass is 10.1. The maximum Gasteiger partial charge on any atom is 0.257 e. The third-order valence-corrected chi connectivity index (χ3v) is 5.25. The lowest BCUT2D eigenvalue weighted by Crippen LogP contribution is -2.40. The topological polar surface area (TPSA) is 87.6 Å². The highest BCUT2D eigenvalue weighted by molar-refractivity contribution is 7.23. The van der Waals surface area contributed by atoms with Crippen LogP contribution in [-0.4, -0.2) is 60.0 Å². The number of nitrogens with one attached hydrogen (secondary N) is 1. The lowest BCUT2D eigenvalue weighted by Gasteiger charge is -2.27. The number of carbonyl (C=O) groups is 1. The Morgan fingerprint density at radius 2 is 2.04 bits per heavy atom. The number of aromatic nitrogens is 2. The van der Waals surface area contributed by atoms with Crippen LogP contribution >= 0.6 is 11.3 Å². The van der Waals surface area contributed by atoms with Gasteiger partial charge in [-0.05, 0) is 35.1 Å². The molecule has 0 aliphatic carbocycles. The van der Waals surface area contributed by atoms with Gasteiger partial charge in [0.1, 0.15) is 13.6 Å². The Balaban J connectivity index is 1.56. The molecule has 2 radical (unpaired) electrons. The Bertz CT molecular complexity index is 1000. The summed E-state index contributed by atoms with van der Waals surface area (Å²) in [6.07, 6.45) is 1.65. The first-order valence-electron chi connectivity index (χ1n) is 8.76. The molecule has 1 aliphatic rings. The fourth-order valence-electron chi connectivity index (χ4n) is 2.90. The Morgan fingerprint density at radius 1 is 1.21 bits per heavy atom. The second kappa shape index (κ2) is 7.99. The van der Waals surface area contributed by atoms with Gasteiger partial charge in [0.25, 0.3) is 5.91 Å². The van der Waals surface area contributed by atoms with Gasteiger partial charge in [-0.2, -0.15) is 11.3 Å². The molecule has 28 heavy (non-hydrogen) atoms. The Kier molecular flexibility index (Phi) is 5.27. The first-order valence-corrected chi connectivity index (χ1v) is 9.57. The van der Waals surface area contributed by atoms with Crippen LogP contribution in [0.2, 0.25) is 0 Å². The van der Waals surface area contributed by atoms with Crippen LogP contribution in [0.1, 0.15) is 10.4 Å². The van der Waals surface area contributed by atoms with E-state index in [2.05, 4.69) is 15.3 Å². The van der Waals surface area contributed by atoms with Crippen LogP contribution in [0.15, 0.2) is 42.6 Å². The zero-order valence-corrected chi connectivity index (χ0v) is 15.8. The molecule has 3 aromatic rings. The highest BCUT2D eigenvalue weighted by Gasteiger charge is 2.21. The van der Waals surface area contributed by atoms with E-state index in [-0.39, 0.29) is 17.2 Å². The fraction of sp³-hybridized carbons (Fsp3) is 0.211. The minimum Gasteiger partial charge on any atom is -0.507 e. The summed E-state index contributed by atoms with van der Waals surface area (Å²) >= 11 is 1.45. The number of rotatable bonds is 4. The first-order chi connectivity index (χ1) is 13.6. The number of hydrogen-bond acceptors (Lipinski definition) is 7. The maximum absolute atomic E-state index is 12.7. The summed E-state index contributed by atoms with van der Waals surface area (Å²) in [5.41, 5.74) is 1.59. The molecule has 1 saturated heterocycles. The minimum atomic E-state index is -0.229. The quantitative estimate of drug-likeness (QED) is 0.521. The van der Waals surface area contributed by atoms with Gasteiger partial charge < -0.3 is 20.1 Å². The van der Waals surface area contributed by atoms with Crippen molar-refractivity contribution in [3.8, 4) is 16.3 Å². The highest BCUT2D eigenvalue weighted by Crippen LogP contribution is 2.26. The van der Waals surface area contributed by atoms with Gasteiger partial charge in [0.2, 0.25) is 5.95 Å². The molecule has 7 nitrogen and oxygen atoms in total. The molecule has 140 valence electrons. The van der Waals surface area contributed by atoms with Crippen LogP contribution in [-0.2, 0) is 4.74 Å². The van der Waals surface area contributed by atoms with E-state index in [1.807, 2.05) is 12.1 Å². The summed E-state index contributed by atoms with van der Waals surface area (Å²) in [6.45, 7) is 2.01. The Hall–Kier alpha value is -2.91. The van der Waals surface area contributed by atoms with Gasteiger partial charge in [-0.25, -0.2) is 9.97 Å². The van der Waals surface area contributed by atoms with E-state index in [1.54, 1.807) is 29.3 Å². The molecule has 2 N–H and O–H groups in total. The number of ether oxygens (including phenoxy) is 1. The SMILES string of the molecule is [B]c1ccc(-c2ccnc(Nc3ccc(O)c(C(=O)N4CCOCC4)c3)n2)s1. The maximum atomic E-state index is 12.7. The molecular weight excluding hydrogens is 375 g/mol. The van der Waals surface area contributed by atoms with Crippen molar-refractivity contribution < 1.29 is 14.6 Å². The lowest BCUT2D eigenvalue weighted by molar-refractivity contribution is 0.0301. The Morgan fingerprint density at radius 3 is 2.79 bits per heavy atom. The van der Waals surface area contributed by atoms with Crippen LogP contribution in [0.5, 0.6) is 5.75 Å². The first kappa shape index (κ1) is 18.5. The molecule has 2 aromatic heterocycles. The number of amides is 1. The smallest absolute Gasteiger partial charge is 0.257 e. The molecule has 0 saturated carbocycles. The van der Waals surface area contributed by atoms with E-state index in [0.717, 1.165) is 10.6 Å². The van der Waals surface area contributed by atoms with Crippen LogP contribution in [0.3, 0.4) is 0 Å². The van der Waals surface area contributed by atoms with Gasteiger partial charge in [-0.15, -0.1) is 0 Å². The molecule has 1 amide bonds. The van der Waals surface area contributed by atoms with Gasteiger partial charge in [0.05, 0.1) is 29.3 Å². The summed E-state index contributed by atoms with van der Waals surface area (Å²) in [5.74, 6) is 0.0962. The van der Waals surface area contributed by atoms with Crippen molar-refractivity contribution in [3.63, 3.8) is 0 Å².